The number of benzene rings is 3. The fourth-order valence-electron chi connectivity index (χ4n) is 3.08. The molecule has 0 radical (unpaired) electrons. The van der Waals surface area contributed by atoms with Gasteiger partial charge in [0, 0.05) is 22.2 Å². The maximum atomic E-state index is 12.6. The fraction of sp³-hybridized carbons (Fsp3) is 0.0476. The molecule has 0 aliphatic carbocycles. The normalized spacial score (nSPS) is 10.6. The Morgan fingerprint density at radius 1 is 0.880 bits per heavy atom. The molecule has 2 nitrogen and oxygen atoms in total. The van der Waals surface area contributed by atoms with E-state index in [1.807, 2.05) is 53.2 Å². The van der Waals surface area contributed by atoms with Crippen molar-refractivity contribution in [2.45, 2.75) is 6.54 Å². The van der Waals surface area contributed by atoms with Crippen LogP contribution in [0.25, 0.3) is 21.7 Å². The zero-order valence-electron chi connectivity index (χ0n) is 13.3. The van der Waals surface area contributed by atoms with Gasteiger partial charge in [-0.2, -0.15) is 4.57 Å². The SMILES string of the molecule is O=C(C[n+]1cccc2c3ccccc3ccc21)c1cccc(Br)c1.[Br-]. The van der Waals surface area contributed by atoms with Gasteiger partial charge in [-0.05, 0) is 35.0 Å². The summed E-state index contributed by atoms with van der Waals surface area (Å²) in [6.45, 7) is 0.326. The first kappa shape index (κ1) is 17.8. The van der Waals surface area contributed by atoms with Gasteiger partial charge in [0.25, 0.3) is 0 Å². The fourth-order valence-corrected chi connectivity index (χ4v) is 3.48. The Morgan fingerprint density at radius 3 is 2.52 bits per heavy atom. The van der Waals surface area contributed by atoms with Crippen LogP contribution in [0, 0.1) is 0 Å². The largest absolute Gasteiger partial charge is 1.00 e. The maximum absolute atomic E-state index is 12.6. The van der Waals surface area contributed by atoms with E-state index >= 15 is 0 Å². The number of aromatic nitrogens is 1. The smallest absolute Gasteiger partial charge is 0.227 e. The maximum Gasteiger partial charge on any atom is 0.227 e. The summed E-state index contributed by atoms with van der Waals surface area (Å²) in [7, 11) is 0. The van der Waals surface area contributed by atoms with E-state index in [0.29, 0.717) is 6.54 Å². The van der Waals surface area contributed by atoms with E-state index in [1.165, 1.54) is 10.8 Å². The zero-order valence-corrected chi connectivity index (χ0v) is 16.5. The molecule has 0 aliphatic rings. The highest BCUT2D eigenvalue weighted by atomic mass is 79.9. The van der Waals surface area contributed by atoms with Crippen LogP contribution < -0.4 is 21.5 Å². The molecule has 1 heterocycles. The van der Waals surface area contributed by atoms with Gasteiger partial charge in [-0.15, -0.1) is 0 Å². The molecule has 0 N–H and O–H groups in total. The molecule has 124 valence electrons. The molecular weight excluding hydrogens is 442 g/mol. The Hall–Kier alpha value is -2.04. The second-order valence-corrected chi connectivity index (χ2v) is 6.70. The summed E-state index contributed by atoms with van der Waals surface area (Å²) in [6, 6.07) is 24.2. The van der Waals surface area contributed by atoms with E-state index in [1.54, 1.807) is 0 Å². The molecule has 4 heteroatoms. The van der Waals surface area contributed by atoms with E-state index in [0.717, 1.165) is 20.9 Å². The van der Waals surface area contributed by atoms with Gasteiger partial charge >= 0.3 is 0 Å². The summed E-state index contributed by atoms with van der Waals surface area (Å²) in [5, 5.41) is 3.58. The predicted molar refractivity (Wildman–Crippen MR) is 100 cm³/mol. The number of rotatable bonds is 3. The molecular formula is C21H15Br2NO. The van der Waals surface area contributed by atoms with Crippen molar-refractivity contribution in [1.29, 1.82) is 0 Å². The van der Waals surface area contributed by atoms with Crippen LogP contribution >= 0.6 is 15.9 Å². The number of carbonyl (C=O) groups excluding carboxylic acids is 1. The minimum absolute atomic E-state index is 0. The first-order valence-corrected chi connectivity index (χ1v) is 8.60. The van der Waals surface area contributed by atoms with Gasteiger partial charge in [0.2, 0.25) is 17.8 Å². The third-order valence-electron chi connectivity index (χ3n) is 4.25. The van der Waals surface area contributed by atoms with E-state index in [9.17, 15) is 4.79 Å². The molecule has 0 spiro atoms. The molecule has 0 atom stereocenters. The number of halogens is 2. The number of fused-ring (bicyclic) bond motifs is 3. The van der Waals surface area contributed by atoms with Crippen molar-refractivity contribution in [2.75, 3.05) is 0 Å². The molecule has 4 aromatic rings. The van der Waals surface area contributed by atoms with Crippen molar-refractivity contribution in [2.24, 2.45) is 0 Å². The molecule has 0 aliphatic heterocycles. The number of hydrogen-bond acceptors (Lipinski definition) is 1. The average molecular weight is 457 g/mol. The van der Waals surface area contributed by atoms with E-state index in [-0.39, 0.29) is 22.8 Å². The Kier molecular flexibility index (Phi) is 5.30. The summed E-state index contributed by atoms with van der Waals surface area (Å²) in [5.74, 6) is 0.0990. The Morgan fingerprint density at radius 2 is 1.68 bits per heavy atom. The van der Waals surface area contributed by atoms with Crippen molar-refractivity contribution >= 4 is 43.4 Å². The van der Waals surface area contributed by atoms with Crippen molar-refractivity contribution in [3.8, 4) is 0 Å². The Labute approximate surface area is 165 Å². The molecule has 4 rings (SSSR count). The summed E-state index contributed by atoms with van der Waals surface area (Å²) >= 11 is 3.42. The zero-order chi connectivity index (χ0) is 16.5. The van der Waals surface area contributed by atoms with Crippen LogP contribution in [0.1, 0.15) is 10.4 Å². The first-order valence-electron chi connectivity index (χ1n) is 7.81. The highest BCUT2D eigenvalue weighted by Crippen LogP contribution is 2.23. The van der Waals surface area contributed by atoms with Crippen LogP contribution in [0.15, 0.2) is 83.5 Å². The van der Waals surface area contributed by atoms with Crippen LogP contribution in [0.4, 0.5) is 0 Å². The lowest BCUT2D eigenvalue weighted by atomic mass is 10.0. The van der Waals surface area contributed by atoms with Gasteiger partial charge < -0.3 is 17.0 Å². The molecule has 1 aromatic heterocycles. The molecule has 0 saturated carbocycles. The van der Waals surface area contributed by atoms with E-state index in [2.05, 4.69) is 46.3 Å². The summed E-state index contributed by atoms with van der Waals surface area (Å²) in [4.78, 5) is 12.6. The molecule has 3 aromatic carbocycles. The molecule has 25 heavy (non-hydrogen) atoms. The topological polar surface area (TPSA) is 20.9 Å². The summed E-state index contributed by atoms with van der Waals surface area (Å²) in [5.41, 5.74) is 1.79. The van der Waals surface area contributed by atoms with Gasteiger partial charge in [0.15, 0.2) is 6.20 Å². The number of pyridine rings is 1. The monoisotopic (exact) mass is 455 g/mol. The van der Waals surface area contributed by atoms with Crippen LogP contribution in [0.3, 0.4) is 0 Å². The van der Waals surface area contributed by atoms with Crippen molar-refractivity contribution in [3.63, 3.8) is 0 Å². The Balaban J connectivity index is 0.00000182. The van der Waals surface area contributed by atoms with E-state index in [4.69, 9.17) is 0 Å². The molecule has 0 fully saturated rings. The molecule has 0 unspecified atom stereocenters. The number of nitrogens with zero attached hydrogens (tertiary/aromatic N) is 1. The highest BCUT2D eigenvalue weighted by Gasteiger charge is 2.16. The predicted octanol–water partition coefficient (Wildman–Crippen LogP) is 1.93. The molecule has 0 amide bonds. The third-order valence-corrected chi connectivity index (χ3v) is 4.74. The number of Topliss-reactive ketones (excluding diaryl/α,β-unsaturated/α-hetero) is 1. The minimum atomic E-state index is 0. The number of hydrogen-bond donors (Lipinski definition) is 0. The second kappa shape index (κ2) is 7.46. The van der Waals surface area contributed by atoms with Gasteiger partial charge in [-0.1, -0.05) is 52.3 Å². The van der Waals surface area contributed by atoms with Crippen LogP contribution in [-0.2, 0) is 6.54 Å². The van der Waals surface area contributed by atoms with Crippen LogP contribution in [-0.4, -0.2) is 5.78 Å². The van der Waals surface area contributed by atoms with Crippen molar-refractivity contribution in [1.82, 2.24) is 0 Å². The molecule has 0 saturated heterocycles. The second-order valence-electron chi connectivity index (χ2n) is 5.79. The van der Waals surface area contributed by atoms with E-state index < -0.39 is 0 Å². The Bertz CT molecular complexity index is 1080. The van der Waals surface area contributed by atoms with Gasteiger partial charge in [0.1, 0.15) is 0 Å². The van der Waals surface area contributed by atoms with Crippen molar-refractivity contribution < 1.29 is 26.3 Å². The lowest BCUT2D eigenvalue weighted by molar-refractivity contribution is -0.657. The van der Waals surface area contributed by atoms with Gasteiger partial charge in [0.05, 0.1) is 5.39 Å². The highest BCUT2D eigenvalue weighted by molar-refractivity contribution is 9.10. The lowest BCUT2D eigenvalue weighted by Crippen LogP contribution is -3.00. The van der Waals surface area contributed by atoms with Crippen LogP contribution in [0.2, 0.25) is 0 Å². The standard InChI is InChI=1S/C21H15BrNO.BrH/c22-17-7-3-6-16(13-17)21(24)14-23-12-4-9-19-18-8-2-1-5-15(18)10-11-20(19)23;/h1-13H,14H2;1H/q+1;/p-1. The quantitative estimate of drug-likeness (QED) is 0.262. The lowest BCUT2D eigenvalue weighted by Gasteiger charge is -2.05. The summed E-state index contributed by atoms with van der Waals surface area (Å²) in [6.07, 6.45) is 1.97. The summed E-state index contributed by atoms with van der Waals surface area (Å²) < 4.78 is 2.94. The van der Waals surface area contributed by atoms with Crippen LogP contribution in [0.5, 0.6) is 0 Å². The number of ketones is 1. The average Bonchev–Trinajstić information content (AvgIpc) is 2.62. The first-order chi connectivity index (χ1) is 11.7. The minimum Gasteiger partial charge on any atom is -1.00 e. The number of carbonyl (C=O) groups is 1. The van der Waals surface area contributed by atoms with Gasteiger partial charge in [-0.3, -0.25) is 4.79 Å². The van der Waals surface area contributed by atoms with Crippen molar-refractivity contribution in [3.05, 3.63) is 89.0 Å². The third kappa shape index (κ3) is 3.51. The van der Waals surface area contributed by atoms with Gasteiger partial charge in [-0.25, -0.2) is 0 Å². The molecule has 0 bridgehead atoms.